The zero-order valence-corrected chi connectivity index (χ0v) is 14.4. The molecule has 0 bridgehead atoms. The van der Waals surface area contributed by atoms with Gasteiger partial charge in [-0.2, -0.15) is 5.10 Å². The fraction of sp³-hybridized carbons (Fsp3) is 0.474. The number of aryl methyl sites for hydroxylation is 1. The van der Waals surface area contributed by atoms with Gasteiger partial charge >= 0.3 is 0 Å². The van der Waals surface area contributed by atoms with Gasteiger partial charge in [-0.25, -0.2) is 0 Å². The third kappa shape index (κ3) is 4.03. The Balaban J connectivity index is 1.58. The lowest BCUT2D eigenvalue weighted by atomic mass is 9.87. The molecule has 3 rings (SSSR count). The second kappa shape index (κ2) is 7.62. The standard InChI is InChI=1S/C19H25N3O2/c1-15-11-20-22(12-15)14-19(23)21-9-8-17(18(13-21)24-2)10-16-6-4-3-5-7-16/h3-7,11-12,17-18H,8-10,13-14H2,1-2H3/t17-,18-/m1/s1. The minimum absolute atomic E-state index is 0.0854. The average Bonchev–Trinajstić information content (AvgIpc) is 3.01. The molecule has 5 nitrogen and oxygen atoms in total. The van der Waals surface area contributed by atoms with Gasteiger partial charge in [0, 0.05) is 26.4 Å². The Bertz CT molecular complexity index is 668. The van der Waals surface area contributed by atoms with Crippen molar-refractivity contribution < 1.29 is 9.53 Å². The highest BCUT2D eigenvalue weighted by Gasteiger charge is 2.31. The van der Waals surface area contributed by atoms with Gasteiger partial charge in [0.15, 0.2) is 0 Å². The van der Waals surface area contributed by atoms with Gasteiger partial charge in [0.2, 0.25) is 5.91 Å². The van der Waals surface area contributed by atoms with E-state index in [-0.39, 0.29) is 12.0 Å². The summed E-state index contributed by atoms with van der Waals surface area (Å²) >= 11 is 0. The monoisotopic (exact) mass is 327 g/mol. The first-order valence-electron chi connectivity index (χ1n) is 8.49. The SMILES string of the molecule is CO[C@@H]1CN(C(=O)Cn2cc(C)cn2)CC[C@@H]1Cc1ccccc1. The summed E-state index contributed by atoms with van der Waals surface area (Å²) in [6.45, 7) is 3.72. The van der Waals surface area contributed by atoms with Gasteiger partial charge in [-0.15, -0.1) is 0 Å². The van der Waals surface area contributed by atoms with Gasteiger partial charge in [0.1, 0.15) is 6.54 Å². The first-order chi connectivity index (χ1) is 11.7. The number of methoxy groups -OCH3 is 1. The number of aromatic nitrogens is 2. The molecule has 24 heavy (non-hydrogen) atoms. The van der Waals surface area contributed by atoms with Crippen molar-refractivity contribution in [1.82, 2.24) is 14.7 Å². The van der Waals surface area contributed by atoms with Crippen LogP contribution in [0.5, 0.6) is 0 Å². The maximum atomic E-state index is 12.5. The maximum absolute atomic E-state index is 12.5. The minimum Gasteiger partial charge on any atom is -0.379 e. The van der Waals surface area contributed by atoms with Crippen LogP contribution in [-0.4, -0.2) is 46.9 Å². The molecule has 1 aliphatic rings. The quantitative estimate of drug-likeness (QED) is 0.846. The van der Waals surface area contributed by atoms with Crippen LogP contribution in [-0.2, 0) is 22.5 Å². The molecule has 0 saturated carbocycles. The largest absolute Gasteiger partial charge is 0.379 e. The number of nitrogens with zero attached hydrogens (tertiary/aromatic N) is 3. The summed E-state index contributed by atoms with van der Waals surface area (Å²) in [7, 11) is 1.74. The lowest BCUT2D eigenvalue weighted by molar-refractivity contribution is -0.137. The van der Waals surface area contributed by atoms with E-state index in [0.29, 0.717) is 19.0 Å². The van der Waals surface area contributed by atoms with Crippen molar-refractivity contribution in [3.05, 3.63) is 53.9 Å². The first kappa shape index (κ1) is 16.7. The molecule has 1 aliphatic heterocycles. The molecule has 1 aromatic carbocycles. The van der Waals surface area contributed by atoms with Crippen LogP contribution in [0.15, 0.2) is 42.7 Å². The molecule has 1 fully saturated rings. The summed E-state index contributed by atoms with van der Waals surface area (Å²) < 4.78 is 7.40. The third-order valence-electron chi connectivity index (χ3n) is 4.75. The van der Waals surface area contributed by atoms with Crippen molar-refractivity contribution in [2.75, 3.05) is 20.2 Å². The Labute approximate surface area is 143 Å². The van der Waals surface area contributed by atoms with E-state index in [1.165, 1.54) is 5.56 Å². The van der Waals surface area contributed by atoms with E-state index in [9.17, 15) is 4.79 Å². The van der Waals surface area contributed by atoms with Crippen molar-refractivity contribution >= 4 is 5.91 Å². The Hall–Kier alpha value is -2.14. The number of likely N-dealkylation sites (tertiary alicyclic amines) is 1. The van der Waals surface area contributed by atoms with Crippen LogP contribution in [0.25, 0.3) is 0 Å². The lowest BCUT2D eigenvalue weighted by Crippen LogP contribution is -2.48. The van der Waals surface area contributed by atoms with Crippen LogP contribution >= 0.6 is 0 Å². The molecule has 2 heterocycles. The topological polar surface area (TPSA) is 47.4 Å². The number of amides is 1. The summed E-state index contributed by atoms with van der Waals surface area (Å²) in [5, 5.41) is 4.20. The fourth-order valence-corrected chi connectivity index (χ4v) is 3.40. The Morgan fingerprint density at radius 2 is 2.12 bits per heavy atom. The van der Waals surface area contributed by atoms with Gasteiger partial charge in [-0.1, -0.05) is 30.3 Å². The van der Waals surface area contributed by atoms with Crippen molar-refractivity contribution in [2.45, 2.75) is 32.4 Å². The molecule has 1 saturated heterocycles. The smallest absolute Gasteiger partial charge is 0.244 e. The molecule has 0 N–H and O–H groups in total. The normalized spacial score (nSPS) is 21.0. The van der Waals surface area contributed by atoms with Crippen LogP contribution in [0.1, 0.15) is 17.5 Å². The van der Waals surface area contributed by atoms with Gasteiger partial charge in [0.05, 0.1) is 12.3 Å². The van der Waals surface area contributed by atoms with Gasteiger partial charge < -0.3 is 9.64 Å². The summed E-state index contributed by atoms with van der Waals surface area (Å²) in [6.07, 6.45) is 5.73. The van der Waals surface area contributed by atoms with E-state index in [1.54, 1.807) is 18.0 Å². The van der Waals surface area contributed by atoms with E-state index in [2.05, 4.69) is 29.4 Å². The summed E-state index contributed by atoms with van der Waals surface area (Å²) in [5.74, 6) is 0.562. The van der Waals surface area contributed by atoms with E-state index in [0.717, 1.165) is 24.9 Å². The van der Waals surface area contributed by atoms with Crippen molar-refractivity contribution in [2.24, 2.45) is 5.92 Å². The second-order valence-corrected chi connectivity index (χ2v) is 6.57. The number of carbonyl (C=O) groups is 1. The van der Waals surface area contributed by atoms with Gasteiger partial charge in [0.25, 0.3) is 0 Å². The van der Waals surface area contributed by atoms with Crippen molar-refractivity contribution in [3.63, 3.8) is 0 Å². The zero-order valence-electron chi connectivity index (χ0n) is 14.4. The first-order valence-corrected chi connectivity index (χ1v) is 8.49. The third-order valence-corrected chi connectivity index (χ3v) is 4.75. The number of hydrogen-bond donors (Lipinski definition) is 0. The Morgan fingerprint density at radius 3 is 2.79 bits per heavy atom. The second-order valence-electron chi connectivity index (χ2n) is 6.57. The number of carbonyl (C=O) groups excluding carboxylic acids is 1. The van der Waals surface area contributed by atoms with E-state index < -0.39 is 0 Å². The molecular weight excluding hydrogens is 302 g/mol. The highest BCUT2D eigenvalue weighted by Crippen LogP contribution is 2.24. The van der Waals surface area contributed by atoms with Crippen LogP contribution in [0.3, 0.4) is 0 Å². The molecule has 2 aromatic rings. The van der Waals surface area contributed by atoms with Crippen LogP contribution in [0, 0.1) is 12.8 Å². The number of rotatable bonds is 5. The molecular formula is C19H25N3O2. The summed E-state index contributed by atoms with van der Waals surface area (Å²) in [6, 6.07) is 10.5. The summed E-state index contributed by atoms with van der Waals surface area (Å²) in [4.78, 5) is 14.4. The van der Waals surface area contributed by atoms with Crippen LogP contribution in [0.4, 0.5) is 0 Å². The molecule has 1 amide bonds. The van der Waals surface area contributed by atoms with Crippen molar-refractivity contribution in [3.8, 4) is 0 Å². The average molecular weight is 327 g/mol. The Kier molecular flexibility index (Phi) is 5.30. The molecule has 0 unspecified atom stereocenters. The lowest BCUT2D eigenvalue weighted by Gasteiger charge is -2.38. The van der Waals surface area contributed by atoms with Crippen LogP contribution < -0.4 is 0 Å². The Morgan fingerprint density at radius 1 is 1.33 bits per heavy atom. The van der Waals surface area contributed by atoms with E-state index >= 15 is 0 Å². The summed E-state index contributed by atoms with van der Waals surface area (Å²) in [5.41, 5.74) is 2.40. The number of benzene rings is 1. The number of hydrogen-bond acceptors (Lipinski definition) is 3. The molecule has 0 radical (unpaired) electrons. The predicted molar refractivity (Wildman–Crippen MR) is 92.6 cm³/mol. The molecule has 128 valence electrons. The van der Waals surface area contributed by atoms with Gasteiger partial charge in [-0.05, 0) is 36.8 Å². The minimum atomic E-state index is 0.0854. The predicted octanol–water partition coefficient (Wildman–Crippen LogP) is 2.30. The highest BCUT2D eigenvalue weighted by atomic mass is 16.5. The van der Waals surface area contributed by atoms with E-state index in [1.807, 2.05) is 24.1 Å². The maximum Gasteiger partial charge on any atom is 0.244 e. The van der Waals surface area contributed by atoms with Crippen LogP contribution in [0.2, 0.25) is 0 Å². The van der Waals surface area contributed by atoms with Gasteiger partial charge in [-0.3, -0.25) is 9.48 Å². The highest BCUT2D eigenvalue weighted by molar-refractivity contribution is 5.76. The zero-order chi connectivity index (χ0) is 16.9. The molecule has 0 aliphatic carbocycles. The molecule has 0 spiro atoms. The van der Waals surface area contributed by atoms with Crippen molar-refractivity contribution in [1.29, 1.82) is 0 Å². The fourth-order valence-electron chi connectivity index (χ4n) is 3.40. The molecule has 2 atom stereocenters. The number of ether oxygens (including phenoxy) is 1. The van der Waals surface area contributed by atoms with E-state index in [4.69, 9.17) is 4.74 Å². The molecule has 5 heteroatoms. The molecule has 1 aromatic heterocycles. The number of piperidine rings is 1.